The highest BCUT2D eigenvalue weighted by Gasteiger charge is 2.73. The van der Waals surface area contributed by atoms with Crippen molar-refractivity contribution in [3.8, 4) is 11.5 Å². The third-order valence-corrected chi connectivity index (χ3v) is 14.2. The van der Waals surface area contributed by atoms with Crippen molar-refractivity contribution in [2.75, 3.05) is 25.2 Å². The van der Waals surface area contributed by atoms with E-state index in [1.807, 2.05) is 35.2 Å². The van der Waals surface area contributed by atoms with E-state index in [1.54, 1.807) is 25.7 Å². The first-order valence-corrected chi connectivity index (χ1v) is 18.8. The lowest BCUT2D eigenvalue weighted by atomic mass is 9.76. The number of methoxy groups -OCH3 is 1. The Morgan fingerprint density at radius 2 is 1.72 bits per heavy atom. The Morgan fingerprint density at radius 1 is 1.06 bits per heavy atom. The van der Waals surface area contributed by atoms with Gasteiger partial charge in [0, 0.05) is 19.0 Å². The lowest BCUT2D eigenvalue weighted by Crippen LogP contribution is -2.54. The predicted molar refractivity (Wildman–Crippen MR) is 178 cm³/mol. The first-order valence-electron chi connectivity index (χ1n) is 15.9. The van der Waals surface area contributed by atoms with Crippen molar-refractivity contribution in [1.29, 1.82) is 0 Å². The number of aldehydes is 1. The molecule has 254 valence electrons. The van der Waals surface area contributed by atoms with Crippen molar-refractivity contribution < 1.29 is 42.6 Å². The van der Waals surface area contributed by atoms with Crippen molar-refractivity contribution in [2.45, 2.75) is 102 Å². The largest absolute Gasteiger partial charge is 0.488 e. The molecule has 2 aromatic carbocycles. The summed E-state index contributed by atoms with van der Waals surface area (Å²) in [6.07, 6.45) is 0.409. The maximum atomic E-state index is 13.8. The molecule has 0 bridgehead atoms. The normalized spacial score (nSPS) is 23.0. The van der Waals surface area contributed by atoms with Crippen LogP contribution in [0.25, 0.3) is 0 Å². The molecule has 12 heteroatoms. The molecule has 2 saturated heterocycles. The number of esters is 2. The molecule has 3 aliphatic heterocycles. The van der Waals surface area contributed by atoms with E-state index < -0.39 is 49.4 Å². The van der Waals surface area contributed by atoms with Gasteiger partial charge in [0.25, 0.3) is 0 Å². The van der Waals surface area contributed by atoms with Crippen LogP contribution in [0.1, 0.15) is 70.0 Å². The third kappa shape index (κ3) is 6.13. The van der Waals surface area contributed by atoms with Gasteiger partial charge < -0.3 is 33.1 Å². The van der Waals surface area contributed by atoms with Gasteiger partial charge in [-0.25, -0.2) is 9.59 Å². The fourth-order valence-corrected chi connectivity index (χ4v) is 7.47. The van der Waals surface area contributed by atoms with E-state index in [0.717, 1.165) is 11.8 Å². The molecule has 0 spiro atoms. The Morgan fingerprint density at radius 3 is 2.28 bits per heavy atom. The van der Waals surface area contributed by atoms with E-state index in [9.17, 15) is 19.2 Å². The van der Waals surface area contributed by atoms with Gasteiger partial charge in [0.2, 0.25) is 0 Å². The van der Waals surface area contributed by atoms with Gasteiger partial charge in [0.1, 0.15) is 35.2 Å². The number of hydrogen-bond acceptors (Lipinski definition) is 10. The first-order chi connectivity index (χ1) is 21.9. The number of carbonyl (C=O) groups is 4. The number of rotatable bonds is 9. The summed E-state index contributed by atoms with van der Waals surface area (Å²) < 4.78 is 29.9. The second-order valence-electron chi connectivity index (χ2n) is 15.1. The molecule has 3 heterocycles. The highest BCUT2D eigenvalue weighted by Crippen LogP contribution is 2.62. The van der Waals surface area contributed by atoms with Crippen LogP contribution in [0.15, 0.2) is 36.4 Å². The van der Waals surface area contributed by atoms with Crippen molar-refractivity contribution >= 4 is 38.3 Å². The zero-order valence-corrected chi connectivity index (χ0v) is 30.0. The molecule has 47 heavy (non-hydrogen) atoms. The Balaban J connectivity index is 1.72. The molecule has 0 saturated carbocycles. The van der Waals surface area contributed by atoms with E-state index in [2.05, 4.69) is 33.9 Å². The van der Waals surface area contributed by atoms with Gasteiger partial charge in [0.05, 0.1) is 37.5 Å². The lowest BCUT2D eigenvalue weighted by Gasteiger charge is -2.41. The molecule has 1 unspecified atom stereocenters. The van der Waals surface area contributed by atoms with Crippen molar-refractivity contribution in [2.24, 2.45) is 0 Å². The van der Waals surface area contributed by atoms with Gasteiger partial charge in [-0.3, -0.25) is 9.69 Å². The maximum Gasteiger partial charge on any atom is 0.411 e. The highest BCUT2D eigenvalue weighted by atomic mass is 28.4. The molecule has 2 aromatic rings. The number of carbonyl (C=O) groups excluding carboxylic acids is 4. The average molecular weight is 667 g/mol. The van der Waals surface area contributed by atoms with Gasteiger partial charge in [0.15, 0.2) is 14.1 Å². The number of nitrogens with zero attached hydrogens (tertiary/aromatic N) is 2. The van der Waals surface area contributed by atoms with Crippen LogP contribution in [0.4, 0.5) is 10.5 Å². The summed E-state index contributed by atoms with van der Waals surface area (Å²) in [4.78, 5) is 56.6. The minimum atomic E-state index is -2.43. The first kappa shape index (κ1) is 34.4. The van der Waals surface area contributed by atoms with Crippen LogP contribution in [0, 0.1) is 0 Å². The minimum absolute atomic E-state index is 0.00861. The predicted octanol–water partition coefficient (Wildman–Crippen LogP) is 5.63. The van der Waals surface area contributed by atoms with Crippen LogP contribution in [0.2, 0.25) is 18.1 Å². The molecule has 0 aliphatic carbocycles. The maximum absolute atomic E-state index is 13.8. The van der Waals surface area contributed by atoms with Crippen LogP contribution >= 0.6 is 0 Å². The Bertz CT molecular complexity index is 1580. The zero-order valence-electron chi connectivity index (χ0n) is 29.0. The van der Waals surface area contributed by atoms with Crippen LogP contribution in [0.5, 0.6) is 11.5 Å². The summed E-state index contributed by atoms with van der Waals surface area (Å²) in [5.41, 5.74) is -0.383. The summed E-state index contributed by atoms with van der Waals surface area (Å²) in [6.45, 7) is 17.7. The van der Waals surface area contributed by atoms with Gasteiger partial charge in [-0.05, 0) is 50.5 Å². The van der Waals surface area contributed by atoms with Gasteiger partial charge >= 0.3 is 18.0 Å². The Hall–Kier alpha value is -3.90. The standard InChI is InChI=1S/C35H46N2O9Si/c1-21(39)45-29-23(31(40)42-8)16-25(43-18-22-14-12-11-13-15-22)26-28(29)36-17-24-27(37(24)32(41)46-33(2,3)4)30(36)35(26,19-38)20-44-47(9,10)34(5,6)7/h11-16,19,24,27,30H,17-18,20H2,1-10H3/t24-,27-,30?,35-,37?/m0/s1. The molecular weight excluding hydrogens is 620 g/mol. The second-order valence-corrected chi connectivity index (χ2v) is 19.9. The monoisotopic (exact) mass is 666 g/mol. The average Bonchev–Trinajstić information content (AvgIpc) is 3.42. The number of anilines is 1. The van der Waals surface area contributed by atoms with Crippen molar-refractivity contribution in [1.82, 2.24) is 4.90 Å². The number of ether oxygens (including phenoxy) is 4. The smallest absolute Gasteiger partial charge is 0.411 e. The molecule has 1 amide bonds. The molecule has 5 rings (SSSR count). The van der Waals surface area contributed by atoms with E-state index in [-0.39, 0.29) is 41.4 Å². The molecule has 0 N–H and O–H groups in total. The quantitative estimate of drug-likeness (QED) is 0.110. The van der Waals surface area contributed by atoms with Crippen molar-refractivity contribution in [3.63, 3.8) is 0 Å². The highest BCUT2D eigenvalue weighted by molar-refractivity contribution is 6.74. The van der Waals surface area contributed by atoms with Crippen LogP contribution < -0.4 is 14.4 Å². The van der Waals surface area contributed by atoms with Crippen LogP contribution in [-0.4, -0.2) is 81.5 Å². The second kappa shape index (κ2) is 12.0. The van der Waals surface area contributed by atoms with E-state index in [4.69, 9.17) is 23.4 Å². The summed E-state index contributed by atoms with van der Waals surface area (Å²) in [5.74, 6) is -1.13. The minimum Gasteiger partial charge on any atom is -0.488 e. The molecule has 11 nitrogen and oxygen atoms in total. The van der Waals surface area contributed by atoms with E-state index in [1.165, 1.54) is 20.1 Å². The molecular formula is C35H46N2O9Si. The number of hydrogen-bond donors (Lipinski definition) is 0. The molecule has 3 aliphatic rings. The van der Waals surface area contributed by atoms with Crippen LogP contribution in [0.3, 0.4) is 0 Å². The summed E-state index contributed by atoms with van der Waals surface area (Å²) in [7, 11) is -1.18. The summed E-state index contributed by atoms with van der Waals surface area (Å²) in [6, 6.07) is 9.70. The summed E-state index contributed by atoms with van der Waals surface area (Å²) in [5, 5.41) is -0.164. The van der Waals surface area contributed by atoms with Crippen LogP contribution in [-0.2, 0) is 35.5 Å². The van der Waals surface area contributed by atoms with E-state index >= 15 is 0 Å². The van der Waals surface area contributed by atoms with E-state index in [0.29, 0.717) is 17.8 Å². The number of benzene rings is 2. The SMILES string of the molecule is COC(=O)c1cc(OCc2ccccc2)c2c(c1OC(C)=O)N1C[C@H]3[C@@H](C1[C@@]2(C=O)CO[Si](C)(C)C(C)(C)C)N3C(=O)OC(C)(C)C. The molecule has 4 atom stereocenters. The van der Waals surface area contributed by atoms with Gasteiger partial charge in [-0.2, -0.15) is 0 Å². The number of amides is 1. The fraction of sp³-hybridized carbons (Fsp3) is 0.543. The Kier molecular flexibility index (Phi) is 8.76. The zero-order chi connectivity index (χ0) is 34.7. The van der Waals surface area contributed by atoms with Crippen molar-refractivity contribution in [3.05, 3.63) is 53.1 Å². The molecule has 2 fully saturated rings. The topological polar surface area (TPSA) is 121 Å². The number of fused-ring (bicyclic) bond motifs is 5. The van der Waals surface area contributed by atoms with Gasteiger partial charge in [-0.15, -0.1) is 0 Å². The van der Waals surface area contributed by atoms with Gasteiger partial charge in [-0.1, -0.05) is 51.1 Å². The third-order valence-electron chi connectivity index (χ3n) is 9.71. The molecule has 0 aromatic heterocycles. The lowest BCUT2D eigenvalue weighted by molar-refractivity contribution is -0.131. The number of piperazine rings is 1. The molecule has 0 radical (unpaired) electrons. The Labute approximate surface area is 277 Å². The summed E-state index contributed by atoms with van der Waals surface area (Å²) >= 11 is 0. The fourth-order valence-electron chi connectivity index (χ4n) is 6.44.